The second kappa shape index (κ2) is 6.87. The van der Waals surface area contributed by atoms with E-state index in [2.05, 4.69) is 10.3 Å². The molecule has 0 saturated carbocycles. The quantitative estimate of drug-likeness (QED) is 0.762. The van der Waals surface area contributed by atoms with E-state index < -0.39 is 0 Å². The molecule has 2 amide bonds. The largest absolute Gasteiger partial charge is 0.459 e. The molecule has 26 heavy (non-hydrogen) atoms. The predicted molar refractivity (Wildman–Crippen MR) is 93.4 cm³/mol. The van der Waals surface area contributed by atoms with E-state index in [0.717, 1.165) is 5.56 Å². The van der Waals surface area contributed by atoms with Crippen molar-refractivity contribution in [2.24, 2.45) is 0 Å². The third-order valence-electron chi connectivity index (χ3n) is 4.48. The minimum atomic E-state index is -0.290. The first kappa shape index (κ1) is 16.1. The number of carbonyl (C=O) groups excluding carboxylic acids is 2. The summed E-state index contributed by atoms with van der Waals surface area (Å²) in [6.07, 6.45) is 6.79. The van der Waals surface area contributed by atoms with Gasteiger partial charge in [0, 0.05) is 38.2 Å². The summed E-state index contributed by atoms with van der Waals surface area (Å²) < 4.78 is 7.04. The fourth-order valence-electron chi connectivity index (χ4n) is 3.18. The first-order valence-corrected chi connectivity index (χ1v) is 8.39. The van der Waals surface area contributed by atoms with Gasteiger partial charge in [-0.3, -0.25) is 14.6 Å². The van der Waals surface area contributed by atoms with E-state index in [4.69, 9.17) is 4.42 Å². The Morgan fingerprint density at radius 2 is 2.19 bits per heavy atom. The summed E-state index contributed by atoms with van der Waals surface area (Å²) in [7, 11) is 0. The summed E-state index contributed by atoms with van der Waals surface area (Å²) in [5, 5.41) is 2.86. The van der Waals surface area contributed by atoms with Gasteiger partial charge in [-0.05, 0) is 35.9 Å². The van der Waals surface area contributed by atoms with Gasteiger partial charge in [-0.15, -0.1) is 0 Å². The lowest BCUT2D eigenvalue weighted by atomic mass is 10.1. The van der Waals surface area contributed by atoms with Crippen molar-refractivity contribution in [2.75, 3.05) is 6.54 Å². The fraction of sp³-hybridized carbons (Fsp3) is 0.211. The van der Waals surface area contributed by atoms with Crippen LogP contribution < -0.4 is 5.32 Å². The molecule has 1 atom stereocenters. The molecule has 3 aromatic heterocycles. The lowest BCUT2D eigenvalue weighted by Gasteiger charge is -2.36. The highest BCUT2D eigenvalue weighted by molar-refractivity contribution is 5.94. The maximum absolute atomic E-state index is 12.9. The van der Waals surface area contributed by atoms with E-state index in [1.54, 1.807) is 29.4 Å². The Balaban J connectivity index is 1.53. The zero-order chi connectivity index (χ0) is 17.9. The van der Waals surface area contributed by atoms with Crippen molar-refractivity contribution in [3.8, 4) is 0 Å². The number of carbonyl (C=O) groups is 2. The molecule has 0 radical (unpaired) electrons. The SMILES string of the molecule is O=C(NCC1Cn2cccc2C(=O)N1Cc1cccnc1)c1ccco1. The summed E-state index contributed by atoms with van der Waals surface area (Å²) in [6, 6.07) is 10.6. The van der Waals surface area contributed by atoms with Crippen molar-refractivity contribution in [1.82, 2.24) is 19.8 Å². The number of furan rings is 1. The molecule has 4 heterocycles. The summed E-state index contributed by atoms with van der Waals surface area (Å²) in [6.45, 7) is 1.40. The third kappa shape index (κ3) is 3.11. The molecule has 0 fully saturated rings. The number of hydrogen-bond acceptors (Lipinski definition) is 4. The average molecular weight is 350 g/mol. The van der Waals surface area contributed by atoms with Crippen molar-refractivity contribution in [3.63, 3.8) is 0 Å². The maximum Gasteiger partial charge on any atom is 0.287 e. The Morgan fingerprint density at radius 1 is 1.27 bits per heavy atom. The lowest BCUT2D eigenvalue weighted by molar-refractivity contribution is 0.0561. The summed E-state index contributed by atoms with van der Waals surface area (Å²) in [4.78, 5) is 31.0. The van der Waals surface area contributed by atoms with Crippen molar-refractivity contribution in [1.29, 1.82) is 0 Å². The maximum atomic E-state index is 12.9. The van der Waals surface area contributed by atoms with Gasteiger partial charge in [0.15, 0.2) is 5.76 Å². The van der Waals surface area contributed by atoms with Gasteiger partial charge >= 0.3 is 0 Å². The molecular weight excluding hydrogens is 332 g/mol. The number of hydrogen-bond donors (Lipinski definition) is 1. The first-order valence-electron chi connectivity index (χ1n) is 8.39. The molecule has 4 rings (SSSR count). The molecular formula is C19H18N4O3. The average Bonchev–Trinajstić information content (AvgIpc) is 3.35. The molecule has 7 nitrogen and oxygen atoms in total. The molecule has 0 saturated heterocycles. The molecule has 3 aromatic rings. The monoisotopic (exact) mass is 350 g/mol. The Hall–Kier alpha value is -3.35. The zero-order valence-electron chi connectivity index (χ0n) is 14.0. The molecule has 0 aromatic carbocycles. The molecule has 132 valence electrons. The van der Waals surface area contributed by atoms with Crippen LogP contribution in [0.15, 0.2) is 65.7 Å². The van der Waals surface area contributed by atoms with E-state index >= 15 is 0 Å². The van der Waals surface area contributed by atoms with E-state index in [1.165, 1.54) is 6.26 Å². The van der Waals surface area contributed by atoms with Gasteiger partial charge in [0.25, 0.3) is 11.8 Å². The number of aromatic nitrogens is 2. The molecule has 7 heteroatoms. The van der Waals surface area contributed by atoms with Crippen LogP contribution in [0.1, 0.15) is 26.6 Å². The van der Waals surface area contributed by atoms with Gasteiger partial charge in [0.1, 0.15) is 5.69 Å². The van der Waals surface area contributed by atoms with Crippen molar-refractivity contribution >= 4 is 11.8 Å². The molecule has 1 aliphatic rings. The smallest absolute Gasteiger partial charge is 0.287 e. The number of nitrogens with one attached hydrogen (secondary N) is 1. The van der Waals surface area contributed by atoms with Crippen LogP contribution in [-0.2, 0) is 13.1 Å². The van der Waals surface area contributed by atoms with Gasteiger partial charge in [-0.1, -0.05) is 6.07 Å². The first-order chi connectivity index (χ1) is 12.7. The minimum Gasteiger partial charge on any atom is -0.459 e. The summed E-state index contributed by atoms with van der Waals surface area (Å²) in [5.74, 6) is -0.0861. The highest BCUT2D eigenvalue weighted by Crippen LogP contribution is 2.20. The van der Waals surface area contributed by atoms with E-state index in [9.17, 15) is 9.59 Å². The molecule has 0 spiro atoms. The number of pyridine rings is 1. The second-order valence-electron chi connectivity index (χ2n) is 6.18. The second-order valence-corrected chi connectivity index (χ2v) is 6.18. The number of nitrogens with zero attached hydrogens (tertiary/aromatic N) is 3. The van der Waals surface area contributed by atoms with Gasteiger partial charge in [0.2, 0.25) is 0 Å². The molecule has 1 unspecified atom stereocenters. The van der Waals surface area contributed by atoms with Gasteiger partial charge < -0.3 is 19.2 Å². The minimum absolute atomic E-state index is 0.0534. The zero-order valence-corrected chi connectivity index (χ0v) is 14.0. The number of rotatable bonds is 5. The highest BCUT2D eigenvalue weighted by atomic mass is 16.3. The van der Waals surface area contributed by atoms with Crippen LogP contribution in [0.2, 0.25) is 0 Å². The third-order valence-corrected chi connectivity index (χ3v) is 4.48. The standard InChI is InChI=1S/C19H18N4O3/c24-18(17-6-3-9-26-17)21-11-15-13-22-8-2-5-16(22)19(25)23(15)12-14-4-1-7-20-10-14/h1-10,15H,11-13H2,(H,21,24). The summed E-state index contributed by atoms with van der Waals surface area (Å²) >= 11 is 0. The van der Waals surface area contributed by atoms with Crippen LogP contribution in [0.25, 0.3) is 0 Å². The van der Waals surface area contributed by atoms with Crippen LogP contribution >= 0.6 is 0 Å². The van der Waals surface area contributed by atoms with E-state index in [1.807, 2.05) is 35.0 Å². The lowest BCUT2D eigenvalue weighted by Crippen LogP contribution is -2.52. The number of fused-ring (bicyclic) bond motifs is 1. The molecule has 0 aliphatic carbocycles. The van der Waals surface area contributed by atoms with Crippen LogP contribution in [0.4, 0.5) is 0 Å². The topological polar surface area (TPSA) is 80.4 Å². The van der Waals surface area contributed by atoms with Crippen LogP contribution in [0, 0.1) is 0 Å². The van der Waals surface area contributed by atoms with Gasteiger partial charge in [0.05, 0.1) is 12.3 Å². The Kier molecular flexibility index (Phi) is 4.27. The normalized spacial score (nSPS) is 16.4. The number of amides is 2. The van der Waals surface area contributed by atoms with Crippen molar-refractivity contribution in [3.05, 3.63) is 78.3 Å². The Morgan fingerprint density at radius 3 is 2.96 bits per heavy atom. The van der Waals surface area contributed by atoms with Crippen LogP contribution in [0.5, 0.6) is 0 Å². The predicted octanol–water partition coefficient (Wildman–Crippen LogP) is 1.93. The Bertz CT molecular complexity index is 902. The van der Waals surface area contributed by atoms with Crippen molar-refractivity contribution < 1.29 is 14.0 Å². The van der Waals surface area contributed by atoms with E-state index in [-0.39, 0.29) is 23.6 Å². The molecule has 1 N–H and O–H groups in total. The molecule has 1 aliphatic heterocycles. The summed E-state index contributed by atoms with van der Waals surface area (Å²) in [5.41, 5.74) is 1.60. The highest BCUT2D eigenvalue weighted by Gasteiger charge is 2.32. The van der Waals surface area contributed by atoms with Crippen LogP contribution in [-0.4, -0.2) is 38.9 Å². The molecule has 0 bridgehead atoms. The van der Waals surface area contributed by atoms with Gasteiger partial charge in [-0.25, -0.2) is 0 Å². The fourth-order valence-corrected chi connectivity index (χ4v) is 3.18. The van der Waals surface area contributed by atoms with Crippen LogP contribution in [0.3, 0.4) is 0 Å². The van der Waals surface area contributed by atoms with E-state index in [0.29, 0.717) is 25.3 Å². The van der Waals surface area contributed by atoms with Gasteiger partial charge in [-0.2, -0.15) is 0 Å². The Labute approximate surface area is 150 Å². The van der Waals surface area contributed by atoms with Crippen molar-refractivity contribution in [2.45, 2.75) is 19.1 Å².